The van der Waals surface area contributed by atoms with Crippen LogP contribution in [0.4, 0.5) is 0 Å². The molecule has 2 aromatic rings. The highest BCUT2D eigenvalue weighted by Gasteiger charge is 2.37. The van der Waals surface area contributed by atoms with Gasteiger partial charge in [-0.25, -0.2) is 0 Å². The van der Waals surface area contributed by atoms with Crippen molar-refractivity contribution in [3.8, 4) is 0 Å². The quantitative estimate of drug-likeness (QED) is 0.561. The summed E-state index contributed by atoms with van der Waals surface area (Å²) < 4.78 is 0. The number of nitrogens with one attached hydrogen (secondary N) is 1. The van der Waals surface area contributed by atoms with E-state index in [0.717, 1.165) is 16.5 Å². The van der Waals surface area contributed by atoms with E-state index in [9.17, 15) is 15.2 Å². The lowest BCUT2D eigenvalue weighted by Crippen LogP contribution is -2.32. The largest absolute Gasteiger partial charge is 0.381 e. The molecule has 82 valence electrons. The van der Waals surface area contributed by atoms with Gasteiger partial charge in [0.2, 0.25) is 6.04 Å². The topological polar surface area (TPSA) is 79.2 Å². The first-order valence-electron chi connectivity index (χ1n) is 5.09. The molecular formula is C11H10N2O3. The fourth-order valence-corrected chi connectivity index (χ4v) is 2.43. The van der Waals surface area contributed by atoms with E-state index in [1.165, 1.54) is 0 Å². The zero-order valence-corrected chi connectivity index (χ0v) is 8.38. The summed E-state index contributed by atoms with van der Waals surface area (Å²) in [5, 5.41) is 21.8. The minimum Gasteiger partial charge on any atom is -0.381 e. The number of nitrogens with zero attached hydrogens (tertiary/aromatic N) is 1. The van der Waals surface area contributed by atoms with Gasteiger partial charge in [-0.1, -0.05) is 12.1 Å². The highest BCUT2D eigenvalue weighted by atomic mass is 16.6. The van der Waals surface area contributed by atoms with Crippen LogP contribution in [0.15, 0.2) is 24.4 Å². The third kappa shape index (κ3) is 1.09. The lowest BCUT2D eigenvalue weighted by Gasteiger charge is -2.22. The van der Waals surface area contributed by atoms with Gasteiger partial charge >= 0.3 is 0 Å². The first kappa shape index (κ1) is 9.35. The molecule has 0 aliphatic heterocycles. The number of aromatic amines is 1. The van der Waals surface area contributed by atoms with Gasteiger partial charge in [-0.05, 0) is 17.2 Å². The summed E-state index contributed by atoms with van der Waals surface area (Å²) in [6, 6.07) is 4.51. The summed E-state index contributed by atoms with van der Waals surface area (Å²) in [5.41, 5.74) is 2.49. The lowest BCUT2D eigenvalue weighted by atomic mass is 9.87. The fourth-order valence-electron chi connectivity index (χ4n) is 2.43. The van der Waals surface area contributed by atoms with E-state index >= 15 is 0 Å². The predicted molar refractivity (Wildman–Crippen MR) is 57.7 cm³/mol. The zero-order valence-electron chi connectivity index (χ0n) is 8.38. The van der Waals surface area contributed by atoms with E-state index < -0.39 is 17.1 Å². The Morgan fingerprint density at radius 1 is 1.50 bits per heavy atom. The first-order chi connectivity index (χ1) is 7.68. The summed E-state index contributed by atoms with van der Waals surface area (Å²) in [6.45, 7) is 0. The standard InChI is InChI=1S/C11H10N2O3/c14-11-7-2-1-3-8-10(7)6(5-12-8)4-9(11)13(15)16/h1-3,5,9,11-12,14H,4H2. The van der Waals surface area contributed by atoms with Crippen LogP contribution in [0.3, 0.4) is 0 Å². The van der Waals surface area contributed by atoms with Crippen LogP contribution in [-0.2, 0) is 6.42 Å². The molecule has 0 bridgehead atoms. The van der Waals surface area contributed by atoms with Crippen LogP contribution in [-0.4, -0.2) is 21.1 Å². The minimum absolute atomic E-state index is 0.283. The molecule has 0 fully saturated rings. The molecule has 1 heterocycles. The maximum atomic E-state index is 10.9. The third-order valence-corrected chi connectivity index (χ3v) is 3.20. The Hall–Kier alpha value is -1.88. The third-order valence-electron chi connectivity index (χ3n) is 3.20. The first-order valence-corrected chi connectivity index (χ1v) is 5.09. The molecule has 5 nitrogen and oxygen atoms in total. The van der Waals surface area contributed by atoms with Crippen molar-refractivity contribution in [1.82, 2.24) is 4.98 Å². The Morgan fingerprint density at radius 2 is 2.31 bits per heavy atom. The molecule has 0 saturated heterocycles. The molecule has 1 aromatic heterocycles. The number of rotatable bonds is 1. The van der Waals surface area contributed by atoms with E-state index in [4.69, 9.17) is 0 Å². The Labute approximate surface area is 90.9 Å². The summed E-state index contributed by atoms with van der Waals surface area (Å²) in [6.07, 6.45) is 1.06. The molecule has 0 radical (unpaired) electrons. The molecule has 2 N–H and O–H groups in total. The van der Waals surface area contributed by atoms with Crippen molar-refractivity contribution in [2.45, 2.75) is 18.6 Å². The Balaban J connectivity index is 2.26. The monoisotopic (exact) mass is 218 g/mol. The van der Waals surface area contributed by atoms with Crippen molar-refractivity contribution in [1.29, 1.82) is 0 Å². The summed E-state index contributed by atoms with van der Waals surface area (Å²) >= 11 is 0. The summed E-state index contributed by atoms with van der Waals surface area (Å²) in [7, 11) is 0. The minimum atomic E-state index is -1.01. The second-order valence-corrected chi connectivity index (χ2v) is 4.09. The van der Waals surface area contributed by atoms with E-state index in [-0.39, 0.29) is 6.42 Å². The number of aliphatic hydroxyl groups is 1. The van der Waals surface area contributed by atoms with Gasteiger partial charge in [0, 0.05) is 28.4 Å². The molecule has 2 atom stereocenters. The molecule has 0 amide bonds. The molecule has 16 heavy (non-hydrogen) atoms. The number of benzene rings is 1. The van der Waals surface area contributed by atoms with Crippen LogP contribution >= 0.6 is 0 Å². The second-order valence-electron chi connectivity index (χ2n) is 4.09. The van der Waals surface area contributed by atoms with E-state index in [1.54, 1.807) is 18.3 Å². The van der Waals surface area contributed by atoms with E-state index in [2.05, 4.69) is 4.98 Å². The highest BCUT2D eigenvalue weighted by Crippen LogP contribution is 2.36. The van der Waals surface area contributed by atoms with Crippen molar-refractivity contribution in [3.05, 3.63) is 45.6 Å². The average molecular weight is 218 g/mol. The van der Waals surface area contributed by atoms with Crippen molar-refractivity contribution < 1.29 is 10.0 Å². The van der Waals surface area contributed by atoms with E-state index in [0.29, 0.717) is 5.56 Å². The number of aliphatic hydroxyl groups excluding tert-OH is 1. The van der Waals surface area contributed by atoms with Gasteiger partial charge in [-0.15, -0.1) is 0 Å². The molecule has 5 heteroatoms. The Morgan fingerprint density at radius 3 is 3.06 bits per heavy atom. The maximum absolute atomic E-state index is 10.9. The molecule has 2 unspecified atom stereocenters. The number of hydrogen-bond acceptors (Lipinski definition) is 3. The van der Waals surface area contributed by atoms with Gasteiger partial charge in [-0.3, -0.25) is 10.1 Å². The number of hydrogen-bond donors (Lipinski definition) is 2. The van der Waals surface area contributed by atoms with Crippen molar-refractivity contribution in [2.75, 3.05) is 0 Å². The summed E-state index contributed by atoms with van der Waals surface area (Å²) in [4.78, 5) is 13.5. The van der Waals surface area contributed by atoms with Gasteiger partial charge < -0.3 is 10.1 Å². The van der Waals surface area contributed by atoms with Gasteiger partial charge in [0.15, 0.2) is 0 Å². The number of H-pyrrole nitrogens is 1. The number of aromatic nitrogens is 1. The van der Waals surface area contributed by atoms with Gasteiger partial charge in [0.1, 0.15) is 6.10 Å². The van der Waals surface area contributed by atoms with Crippen molar-refractivity contribution >= 4 is 10.9 Å². The molecular weight excluding hydrogens is 208 g/mol. The van der Waals surface area contributed by atoms with Crippen LogP contribution in [0.1, 0.15) is 17.2 Å². The maximum Gasteiger partial charge on any atom is 0.246 e. The predicted octanol–water partition coefficient (Wildman–Crippen LogP) is 1.40. The van der Waals surface area contributed by atoms with Crippen molar-refractivity contribution in [2.24, 2.45) is 0 Å². The van der Waals surface area contributed by atoms with Crippen molar-refractivity contribution in [3.63, 3.8) is 0 Å². The SMILES string of the molecule is O=[N+]([O-])C1Cc2c[nH]c3cccc(c23)C1O. The van der Waals surface area contributed by atoms with Crippen LogP contribution in [0, 0.1) is 10.1 Å². The second kappa shape index (κ2) is 3.05. The van der Waals surface area contributed by atoms with Crippen LogP contribution in [0.2, 0.25) is 0 Å². The lowest BCUT2D eigenvalue weighted by molar-refractivity contribution is -0.535. The van der Waals surface area contributed by atoms with Crippen LogP contribution < -0.4 is 0 Å². The van der Waals surface area contributed by atoms with Crippen LogP contribution in [0.5, 0.6) is 0 Å². The molecule has 1 aromatic carbocycles. The Kier molecular flexibility index (Phi) is 1.79. The smallest absolute Gasteiger partial charge is 0.246 e. The van der Waals surface area contributed by atoms with E-state index in [1.807, 2.05) is 6.07 Å². The fraction of sp³-hybridized carbons (Fsp3) is 0.273. The normalized spacial score (nSPS) is 23.6. The average Bonchev–Trinajstić information content (AvgIpc) is 2.67. The summed E-state index contributed by atoms with van der Waals surface area (Å²) in [5.74, 6) is 0. The Bertz CT molecular complexity index is 576. The molecule has 1 aliphatic carbocycles. The molecule has 0 spiro atoms. The van der Waals surface area contributed by atoms with Gasteiger partial charge in [0.05, 0.1) is 0 Å². The zero-order chi connectivity index (χ0) is 11.3. The van der Waals surface area contributed by atoms with Gasteiger partial charge in [0.25, 0.3) is 0 Å². The van der Waals surface area contributed by atoms with Crippen LogP contribution in [0.25, 0.3) is 10.9 Å². The molecule has 3 rings (SSSR count). The molecule has 0 saturated carbocycles. The highest BCUT2D eigenvalue weighted by molar-refractivity contribution is 5.88. The van der Waals surface area contributed by atoms with Gasteiger partial charge in [-0.2, -0.15) is 0 Å². The number of nitro groups is 1. The molecule has 1 aliphatic rings.